The van der Waals surface area contributed by atoms with Gasteiger partial charge in [0.2, 0.25) is 10.0 Å². The molecule has 0 saturated carbocycles. The molecule has 1 aromatic heterocycles. The maximum Gasteiger partial charge on any atom is 0.238 e. The first-order valence-corrected chi connectivity index (χ1v) is 13.3. The Morgan fingerprint density at radius 3 is 2.32 bits per heavy atom. The summed E-state index contributed by atoms with van der Waals surface area (Å²) in [5.41, 5.74) is 1.57. The van der Waals surface area contributed by atoms with Crippen LogP contribution in [0.15, 0.2) is 41.3 Å². The molecular formula is C25H33FN6O4S. The average Bonchev–Trinajstić information content (AvgIpc) is 2.88. The fraction of sp³-hybridized carbons (Fsp3) is 0.320. The summed E-state index contributed by atoms with van der Waals surface area (Å²) < 4.78 is 48.9. The summed E-state index contributed by atoms with van der Waals surface area (Å²) in [5.74, 6) is 0.204. The molecule has 0 unspecified atom stereocenters. The molecule has 0 aliphatic carbocycles. The topological polar surface area (TPSA) is 152 Å². The monoisotopic (exact) mass is 532 g/mol. The number of sulfonamides is 1. The number of primary sulfonamides is 1. The minimum atomic E-state index is -4.01. The highest BCUT2D eigenvalue weighted by Gasteiger charge is 2.21. The second-order valence-electron chi connectivity index (χ2n) is 7.31. The van der Waals surface area contributed by atoms with Crippen molar-refractivity contribution in [2.24, 2.45) is 5.14 Å². The lowest BCUT2D eigenvalue weighted by molar-refractivity contribution is 0.341. The Morgan fingerprint density at radius 1 is 1.11 bits per heavy atom. The van der Waals surface area contributed by atoms with E-state index < -0.39 is 15.8 Å². The third-order valence-corrected chi connectivity index (χ3v) is 5.94. The molecule has 5 N–H and O–H groups in total. The predicted molar refractivity (Wildman–Crippen MR) is 144 cm³/mol. The second kappa shape index (κ2) is 13.0. The molecule has 12 heteroatoms. The van der Waals surface area contributed by atoms with E-state index in [2.05, 4.69) is 20.6 Å². The van der Waals surface area contributed by atoms with Gasteiger partial charge in [-0.25, -0.2) is 27.9 Å². The first kappa shape index (κ1) is 29.5. The molecule has 0 aliphatic rings. The Morgan fingerprint density at radius 2 is 1.78 bits per heavy atom. The fourth-order valence-corrected chi connectivity index (χ4v) is 3.86. The first-order chi connectivity index (χ1) is 17.6. The summed E-state index contributed by atoms with van der Waals surface area (Å²) in [6, 6.07) is 8.46. The Bertz CT molecular complexity index is 1370. The van der Waals surface area contributed by atoms with Gasteiger partial charge in [-0.1, -0.05) is 20.8 Å². The van der Waals surface area contributed by atoms with Crippen molar-refractivity contribution in [3.05, 3.63) is 47.9 Å². The van der Waals surface area contributed by atoms with Crippen molar-refractivity contribution in [3.63, 3.8) is 0 Å². The maximum absolute atomic E-state index is 14.3. The molecule has 200 valence electrons. The molecule has 0 atom stereocenters. The highest BCUT2D eigenvalue weighted by molar-refractivity contribution is 7.89. The molecule has 37 heavy (non-hydrogen) atoms. The van der Waals surface area contributed by atoms with Gasteiger partial charge in [0.05, 0.1) is 29.9 Å². The van der Waals surface area contributed by atoms with Crippen LogP contribution in [0.25, 0.3) is 11.4 Å². The van der Waals surface area contributed by atoms with Crippen LogP contribution in [0.2, 0.25) is 0 Å². The average molecular weight is 533 g/mol. The standard InChI is InChI=1S/C23H27FN6O4S.C2H6/c1-5-17(25)20-21(27-3)23(28-13-7-9-19(33-4)16(24)11-13)30-22(29-20)15-12-14(35(26,31)32)8-10-18(15)34-6-2;1-2/h7-12,25,27H,5-6H2,1-4H3,(H2,26,31,32)(H,28,29,30);1-2H3. The van der Waals surface area contributed by atoms with E-state index in [-0.39, 0.29) is 33.6 Å². The zero-order valence-corrected chi connectivity index (χ0v) is 22.6. The number of nitrogens with one attached hydrogen (secondary N) is 3. The number of nitrogens with zero attached hydrogens (tertiary/aromatic N) is 2. The van der Waals surface area contributed by atoms with Gasteiger partial charge in [-0.2, -0.15) is 0 Å². The van der Waals surface area contributed by atoms with E-state index in [0.717, 1.165) is 0 Å². The van der Waals surface area contributed by atoms with E-state index in [4.69, 9.17) is 20.0 Å². The van der Waals surface area contributed by atoms with Gasteiger partial charge in [0.1, 0.15) is 17.1 Å². The largest absolute Gasteiger partial charge is 0.494 e. The Kier molecular flexibility index (Phi) is 10.3. The predicted octanol–water partition coefficient (Wildman–Crippen LogP) is 4.93. The van der Waals surface area contributed by atoms with Crippen molar-refractivity contribution in [1.82, 2.24) is 9.97 Å². The quantitative estimate of drug-likeness (QED) is 0.268. The van der Waals surface area contributed by atoms with E-state index in [0.29, 0.717) is 35.8 Å². The molecule has 3 rings (SSSR count). The number of rotatable bonds is 10. The lowest BCUT2D eigenvalue weighted by Crippen LogP contribution is -2.14. The second-order valence-corrected chi connectivity index (χ2v) is 8.87. The molecule has 0 amide bonds. The molecule has 3 aromatic rings. The number of halogens is 1. The minimum Gasteiger partial charge on any atom is -0.494 e. The molecule has 0 fully saturated rings. The third kappa shape index (κ3) is 6.92. The van der Waals surface area contributed by atoms with Gasteiger partial charge in [-0.15, -0.1) is 0 Å². The molecule has 10 nitrogen and oxygen atoms in total. The molecule has 2 aromatic carbocycles. The molecule has 1 heterocycles. The zero-order chi connectivity index (χ0) is 27.8. The van der Waals surface area contributed by atoms with Crippen molar-refractivity contribution in [3.8, 4) is 22.9 Å². The van der Waals surface area contributed by atoms with Crippen LogP contribution in [0.3, 0.4) is 0 Å². The highest BCUT2D eigenvalue weighted by atomic mass is 32.2. The van der Waals surface area contributed by atoms with E-state index in [1.807, 2.05) is 20.8 Å². The van der Waals surface area contributed by atoms with Gasteiger partial charge >= 0.3 is 0 Å². The fourth-order valence-electron chi connectivity index (χ4n) is 3.32. The number of hydrogen-bond acceptors (Lipinski definition) is 9. The Balaban J connectivity index is 0.00000235. The summed E-state index contributed by atoms with van der Waals surface area (Å²) in [7, 11) is -0.993. The normalized spacial score (nSPS) is 10.7. The lowest BCUT2D eigenvalue weighted by Gasteiger charge is -2.18. The number of nitrogens with two attached hydrogens (primary N) is 1. The molecule has 0 spiro atoms. The van der Waals surface area contributed by atoms with Crippen molar-refractivity contribution >= 4 is 32.9 Å². The zero-order valence-electron chi connectivity index (χ0n) is 21.8. The number of hydrogen-bond donors (Lipinski definition) is 4. The first-order valence-electron chi connectivity index (χ1n) is 11.7. The molecule has 0 radical (unpaired) electrons. The van der Waals surface area contributed by atoms with Gasteiger partial charge in [-0.3, -0.25) is 0 Å². The van der Waals surface area contributed by atoms with Crippen molar-refractivity contribution < 1.29 is 22.3 Å². The van der Waals surface area contributed by atoms with Gasteiger partial charge < -0.3 is 25.5 Å². The number of benzene rings is 2. The maximum atomic E-state index is 14.3. The van der Waals surface area contributed by atoms with E-state index in [9.17, 15) is 12.8 Å². The number of anilines is 3. The SMILES string of the molecule is CC.CCOc1ccc(S(N)(=O)=O)cc1-c1nc(Nc2ccc(OC)c(F)c2)c(NC)c(C(=N)CC)n1. The number of methoxy groups -OCH3 is 1. The summed E-state index contributed by atoms with van der Waals surface area (Å²) >= 11 is 0. The Hall–Kier alpha value is -3.77. The van der Waals surface area contributed by atoms with Crippen LogP contribution < -0.4 is 25.2 Å². The molecular weight excluding hydrogens is 499 g/mol. The van der Waals surface area contributed by atoms with Crippen molar-refractivity contribution in [1.29, 1.82) is 5.41 Å². The van der Waals surface area contributed by atoms with Crippen molar-refractivity contribution in [2.45, 2.75) is 39.0 Å². The van der Waals surface area contributed by atoms with Crippen LogP contribution in [0.5, 0.6) is 11.5 Å². The minimum absolute atomic E-state index is 0.0855. The summed E-state index contributed by atoms with van der Waals surface area (Å²) in [6.07, 6.45) is 0.372. The summed E-state index contributed by atoms with van der Waals surface area (Å²) in [5, 5.41) is 19.8. The smallest absolute Gasteiger partial charge is 0.238 e. The van der Waals surface area contributed by atoms with Crippen molar-refractivity contribution in [2.75, 3.05) is 31.4 Å². The summed E-state index contributed by atoms with van der Waals surface area (Å²) in [6.45, 7) is 7.90. The van der Waals surface area contributed by atoms with Crippen LogP contribution in [-0.2, 0) is 10.0 Å². The van der Waals surface area contributed by atoms with Crippen LogP contribution in [0.4, 0.5) is 21.6 Å². The van der Waals surface area contributed by atoms with Gasteiger partial charge in [0, 0.05) is 18.8 Å². The van der Waals surface area contributed by atoms with Gasteiger partial charge in [-0.05, 0) is 43.7 Å². The van der Waals surface area contributed by atoms with Crippen LogP contribution in [0.1, 0.15) is 39.8 Å². The summed E-state index contributed by atoms with van der Waals surface area (Å²) in [4.78, 5) is 8.98. The molecule has 0 aliphatic heterocycles. The molecule has 0 bridgehead atoms. The van der Waals surface area contributed by atoms with Crippen LogP contribution >= 0.6 is 0 Å². The third-order valence-electron chi connectivity index (χ3n) is 5.03. The van der Waals surface area contributed by atoms with Crippen LogP contribution in [0, 0.1) is 11.2 Å². The van der Waals surface area contributed by atoms with E-state index in [1.165, 1.54) is 37.4 Å². The lowest BCUT2D eigenvalue weighted by atomic mass is 10.1. The van der Waals surface area contributed by atoms with Gasteiger partial charge in [0.15, 0.2) is 23.2 Å². The molecule has 0 saturated heterocycles. The number of aromatic nitrogens is 2. The highest BCUT2D eigenvalue weighted by Crippen LogP contribution is 2.35. The van der Waals surface area contributed by atoms with E-state index >= 15 is 0 Å². The van der Waals surface area contributed by atoms with E-state index in [1.54, 1.807) is 20.0 Å². The Labute approximate surface area is 217 Å². The van der Waals surface area contributed by atoms with Gasteiger partial charge in [0.25, 0.3) is 0 Å². The van der Waals surface area contributed by atoms with Crippen LogP contribution in [-0.4, -0.2) is 44.9 Å². The number of ether oxygens (including phenoxy) is 2.